The largest absolute Gasteiger partial charge is 0.465 e. The average Bonchev–Trinajstić information content (AvgIpc) is 2.84. The molecule has 2 N–H and O–H groups in total. The summed E-state index contributed by atoms with van der Waals surface area (Å²) in [5.41, 5.74) is -0.447. The van der Waals surface area contributed by atoms with Crippen LogP contribution in [0.1, 0.15) is 0 Å². The van der Waals surface area contributed by atoms with Gasteiger partial charge in [-0.15, -0.1) is 0 Å². The van der Waals surface area contributed by atoms with E-state index in [9.17, 15) is 14.0 Å². The van der Waals surface area contributed by atoms with E-state index in [0.717, 1.165) is 4.68 Å². The molecule has 0 unspecified atom stereocenters. The van der Waals surface area contributed by atoms with Crippen molar-refractivity contribution >= 4 is 22.0 Å². The number of pyridine rings is 1. The van der Waals surface area contributed by atoms with E-state index in [1.54, 1.807) is 18.2 Å². The lowest BCUT2D eigenvalue weighted by molar-refractivity contribution is 0.195. The molecule has 2 aromatic heterocycles. The minimum absolute atomic E-state index is 0.0666. The van der Waals surface area contributed by atoms with Crippen molar-refractivity contribution in [3.63, 3.8) is 0 Å². The van der Waals surface area contributed by atoms with Gasteiger partial charge >= 0.3 is 11.8 Å². The summed E-state index contributed by atoms with van der Waals surface area (Å²) in [5.74, 6) is 0.361. The summed E-state index contributed by atoms with van der Waals surface area (Å²) in [7, 11) is 0. The molecule has 0 aliphatic heterocycles. The Morgan fingerprint density at radius 1 is 1.50 bits per heavy atom. The first-order chi connectivity index (χ1) is 10.5. The lowest BCUT2D eigenvalue weighted by atomic mass is 10.3. The van der Waals surface area contributed by atoms with Crippen molar-refractivity contribution in [1.29, 1.82) is 0 Å². The fraction of sp³-hybridized carbons (Fsp3) is 0.167. The summed E-state index contributed by atoms with van der Waals surface area (Å²) >= 11 is 3.20. The second-order valence-corrected chi connectivity index (χ2v) is 5.00. The van der Waals surface area contributed by atoms with Gasteiger partial charge in [-0.2, -0.15) is 5.10 Å². The van der Waals surface area contributed by atoms with E-state index >= 15 is 0 Å². The van der Waals surface area contributed by atoms with Crippen molar-refractivity contribution in [3.8, 4) is 5.82 Å². The number of amides is 1. The Bertz CT molecular complexity index is 770. The van der Waals surface area contributed by atoms with Gasteiger partial charge in [-0.25, -0.2) is 28.2 Å². The molecule has 22 heavy (non-hydrogen) atoms. The van der Waals surface area contributed by atoms with Gasteiger partial charge in [-0.3, -0.25) is 0 Å². The third-order valence-corrected chi connectivity index (χ3v) is 3.10. The van der Waals surface area contributed by atoms with Crippen LogP contribution in [-0.4, -0.2) is 37.1 Å². The summed E-state index contributed by atoms with van der Waals surface area (Å²) in [6.07, 6.45) is 0.228. The molecule has 0 aliphatic rings. The molecule has 2 heterocycles. The third kappa shape index (κ3) is 3.79. The molecule has 0 atom stereocenters. The second kappa shape index (κ2) is 6.98. The summed E-state index contributed by atoms with van der Waals surface area (Å²) in [5, 5.41) is 14.4. The van der Waals surface area contributed by atoms with Gasteiger partial charge in [0.25, 0.3) is 0 Å². The van der Waals surface area contributed by atoms with E-state index in [-0.39, 0.29) is 25.0 Å². The van der Waals surface area contributed by atoms with Crippen molar-refractivity contribution in [2.75, 3.05) is 6.54 Å². The van der Waals surface area contributed by atoms with Gasteiger partial charge in [0.15, 0.2) is 0 Å². The molecule has 0 radical (unpaired) electrons. The molecule has 0 fully saturated rings. The van der Waals surface area contributed by atoms with Crippen LogP contribution in [0.25, 0.3) is 5.82 Å². The standard InChI is InChI=1S/C12H11BrFN5O3/c13-9-2-1-3-10(17-9)18-7-16-19(12(18)22)6-8(4-14)5-15-11(20)21/h1-4,7,15H,5-6H2,(H,20,21)/b8-4+. The lowest BCUT2D eigenvalue weighted by Gasteiger charge is -2.05. The molecule has 116 valence electrons. The molecule has 0 spiro atoms. The Morgan fingerprint density at radius 2 is 2.27 bits per heavy atom. The SMILES string of the molecule is O=C(O)NC/C(=C\F)Cn1ncn(-c2cccc(Br)n2)c1=O. The van der Waals surface area contributed by atoms with Crippen molar-refractivity contribution in [1.82, 2.24) is 24.6 Å². The molecule has 0 bridgehead atoms. The number of carbonyl (C=O) groups is 1. The average molecular weight is 372 g/mol. The fourth-order valence-corrected chi connectivity index (χ4v) is 1.98. The first-order valence-electron chi connectivity index (χ1n) is 6.03. The highest BCUT2D eigenvalue weighted by Gasteiger charge is 2.10. The normalized spacial score (nSPS) is 11.5. The summed E-state index contributed by atoms with van der Waals surface area (Å²) in [6, 6.07) is 5.04. The van der Waals surface area contributed by atoms with Gasteiger partial charge < -0.3 is 10.4 Å². The molecular formula is C12H11BrFN5O3. The Kier molecular flexibility index (Phi) is 5.04. The van der Waals surface area contributed by atoms with Gasteiger partial charge in [0.05, 0.1) is 12.9 Å². The monoisotopic (exact) mass is 371 g/mol. The quantitative estimate of drug-likeness (QED) is 0.771. The molecule has 0 saturated carbocycles. The maximum atomic E-state index is 12.7. The van der Waals surface area contributed by atoms with Crippen molar-refractivity contribution in [2.24, 2.45) is 0 Å². The van der Waals surface area contributed by atoms with Crippen molar-refractivity contribution < 1.29 is 14.3 Å². The lowest BCUT2D eigenvalue weighted by Crippen LogP contribution is -2.29. The number of nitrogens with one attached hydrogen (secondary N) is 1. The predicted octanol–water partition coefficient (Wildman–Crippen LogP) is 1.31. The van der Waals surface area contributed by atoms with Gasteiger partial charge in [0, 0.05) is 6.54 Å². The molecule has 10 heteroatoms. The molecule has 0 aliphatic carbocycles. The minimum atomic E-state index is -1.28. The second-order valence-electron chi connectivity index (χ2n) is 4.19. The van der Waals surface area contributed by atoms with Crippen molar-refractivity contribution in [3.05, 3.63) is 51.5 Å². The number of carboxylic acid groups (broad SMARTS) is 1. The third-order valence-electron chi connectivity index (χ3n) is 2.65. The predicted molar refractivity (Wildman–Crippen MR) is 78.5 cm³/mol. The molecule has 0 aromatic carbocycles. The van der Waals surface area contributed by atoms with Crippen LogP contribution in [0.2, 0.25) is 0 Å². The molecule has 0 saturated heterocycles. The highest BCUT2D eigenvalue weighted by molar-refractivity contribution is 9.10. The van der Waals surface area contributed by atoms with Crippen LogP contribution in [0.5, 0.6) is 0 Å². The summed E-state index contributed by atoms with van der Waals surface area (Å²) in [6.45, 7) is -0.406. The smallest absolute Gasteiger partial charge is 0.404 e. The zero-order valence-electron chi connectivity index (χ0n) is 11.1. The highest BCUT2D eigenvalue weighted by atomic mass is 79.9. The number of nitrogens with zero attached hydrogens (tertiary/aromatic N) is 4. The Labute approximate surface area is 132 Å². The Morgan fingerprint density at radius 3 is 2.91 bits per heavy atom. The van der Waals surface area contributed by atoms with E-state index in [0.29, 0.717) is 10.4 Å². The molecule has 8 nitrogen and oxygen atoms in total. The van der Waals surface area contributed by atoms with Gasteiger partial charge in [-0.05, 0) is 33.6 Å². The van der Waals surface area contributed by atoms with Crippen molar-refractivity contribution in [2.45, 2.75) is 6.54 Å². The number of aromatic nitrogens is 4. The van der Waals surface area contributed by atoms with E-state index in [4.69, 9.17) is 5.11 Å². The maximum Gasteiger partial charge on any atom is 0.404 e. The zero-order valence-corrected chi connectivity index (χ0v) is 12.7. The fourth-order valence-electron chi connectivity index (χ4n) is 1.64. The summed E-state index contributed by atoms with van der Waals surface area (Å²) in [4.78, 5) is 26.7. The number of hydrogen-bond acceptors (Lipinski definition) is 4. The van der Waals surface area contributed by atoms with Gasteiger partial charge in [0.2, 0.25) is 0 Å². The topological polar surface area (TPSA) is 102 Å². The summed E-state index contributed by atoms with van der Waals surface area (Å²) < 4.78 is 15.5. The highest BCUT2D eigenvalue weighted by Crippen LogP contribution is 2.08. The first kappa shape index (κ1) is 15.9. The maximum absolute atomic E-state index is 12.7. The zero-order chi connectivity index (χ0) is 16.1. The van der Waals surface area contributed by atoms with Crippen LogP contribution in [0, 0.1) is 0 Å². The van der Waals surface area contributed by atoms with E-state index in [1.165, 1.54) is 10.9 Å². The molecule has 2 aromatic rings. The number of rotatable bonds is 5. The van der Waals surface area contributed by atoms with Crippen LogP contribution in [0.3, 0.4) is 0 Å². The van der Waals surface area contributed by atoms with E-state index in [1.807, 2.05) is 5.32 Å². The van der Waals surface area contributed by atoms with Gasteiger partial charge in [-0.1, -0.05) is 6.07 Å². The number of halogens is 2. The molecule has 2 rings (SSSR count). The first-order valence-corrected chi connectivity index (χ1v) is 6.83. The van der Waals surface area contributed by atoms with Gasteiger partial charge in [0.1, 0.15) is 16.7 Å². The molecular weight excluding hydrogens is 361 g/mol. The minimum Gasteiger partial charge on any atom is -0.465 e. The van der Waals surface area contributed by atoms with Crippen LogP contribution in [-0.2, 0) is 6.54 Å². The van der Waals surface area contributed by atoms with Crippen LogP contribution < -0.4 is 11.0 Å². The van der Waals surface area contributed by atoms with E-state index < -0.39 is 11.8 Å². The van der Waals surface area contributed by atoms with Crippen LogP contribution >= 0.6 is 15.9 Å². The number of hydrogen-bond donors (Lipinski definition) is 2. The van der Waals surface area contributed by atoms with Crippen LogP contribution in [0.4, 0.5) is 9.18 Å². The van der Waals surface area contributed by atoms with Crippen LogP contribution in [0.15, 0.2) is 45.8 Å². The molecule has 1 amide bonds. The Balaban J connectivity index is 2.21. The Hall–Kier alpha value is -2.49. The van der Waals surface area contributed by atoms with E-state index in [2.05, 4.69) is 26.0 Å².